The van der Waals surface area contributed by atoms with Crippen LogP contribution in [0, 0.1) is 11.8 Å². The summed E-state index contributed by atoms with van der Waals surface area (Å²) >= 11 is 0. The van der Waals surface area contributed by atoms with Gasteiger partial charge in [0.25, 0.3) is 5.91 Å². The molecule has 12 nitrogen and oxygen atoms in total. The van der Waals surface area contributed by atoms with Crippen LogP contribution in [0.25, 0.3) is 11.8 Å². The van der Waals surface area contributed by atoms with Crippen molar-refractivity contribution in [2.24, 2.45) is 10.7 Å². The van der Waals surface area contributed by atoms with E-state index in [0.29, 0.717) is 67.1 Å². The first-order chi connectivity index (χ1) is 27.1. The van der Waals surface area contributed by atoms with Crippen LogP contribution in [-0.2, 0) is 16.1 Å². The molecule has 4 rings (SSSR count). The highest BCUT2D eigenvalue weighted by molar-refractivity contribution is 6.04. The van der Waals surface area contributed by atoms with Crippen molar-refractivity contribution in [1.82, 2.24) is 20.1 Å². The number of nitrogens with zero attached hydrogens (tertiary/aromatic N) is 4. The number of nitrogens with two attached hydrogens (primary N) is 1. The van der Waals surface area contributed by atoms with Crippen molar-refractivity contribution in [2.75, 3.05) is 44.4 Å². The number of rotatable bonds is 19. The van der Waals surface area contributed by atoms with Crippen LogP contribution in [0.5, 0.6) is 0 Å². The van der Waals surface area contributed by atoms with Gasteiger partial charge in [-0.3, -0.25) is 29.1 Å². The molecule has 1 aliphatic rings. The van der Waals surface area contributed by atoms with Crippen molar-refractivity contribution in [3.05, 3.63) is 101 Å². The molecule has 0 aliphatic carbocycles. The van der Waals surface area contributed by atoms with Gasteiger partial charge in [-0.05, 0) is 88.6 Å². The summed E-state index contributed by atoms with van der Waals surface area (Å²) < 4.78 is 0. The number of carbonyl (C=O) groups excluding carboxylic acids is 4. The van der Waals surface area contributed by atoms with Crippen molar-refractivity contribution in [3.8, 4) is 11.8 Å². The molecule has 12 heteroatoms. The van der Waals surface area contributed by atoms with Crippen LogP contribution in [0.4, 0.5) is 11.5 Å². The van der Waals surface area contributed by atoms with E-state index in [1.54, 1.807) is 42.0 Å². The van der Waals surface area contributed by atoms with Crippen molar-refractivity contribution in [3.63, 3.8) is 0 Å². The number of hydrogen-bond donors (Lipinski definition) is 4. The Kier molecular flexibility index (Phi) is 19.5. The van der Waals surface area contributed by atoms with Gasteiger partial charge in [0.1, 0.15) is 12.1 Å². The maximum absolute atomic E-state index is 13.0. The molecular weight excluding hydrogens is 705 g/mol. The maximum atomic E-state index is 13.0. The number of hydrogen-bond acceptors (Lipinski definition) is 10. The number of likely N-dealkylation sites (N-methyl/N-ethyl adjacent to an activating group) is 1. The Morgan fingerprint density at radius 1 is 1.14 bits per heavy atom. The van der Waals surface area contributed by atoms with Crippen LogP contribution in [-0.4, -0.2) is 91.8 Å². The number of carbonyl (C=O) groups is 4. The van der Waals surface area contributed by atoms with Crippen LogP contribution < -0.4 is 21.7 Å². The van der Waals surface area contributed by atoms with Crippen molar-refractivity contribution < 1.29 is 19.2 Å². The normalized spacial score (nSPS) is 14.5. The first kappa shape index (κ1) is 44.5. The quantitative estimate of drug-likeness (QED) is 0.0497. The number of nitrogens with one attached hydrogen (secondary N) is 3. The zero-order chi connectivity index (χ0) is 40.7. The van der Waals surface area contributed by atoms with E-state index < -0.39 is 0 Å². The van der Waals surface area contributed by atoms with Gasteiger partial charge in [-0.2, -0.15) is 0 Å². The second-order valence-electron chi connectivity index (χ2n) is 13.6. The average Bonchev–Trinajstić information content (AvgIpc) is 3.63. The molecule has 1 fully saturated rings. The van der Waals surface area contributed by atoms with Gasteiger partial charge in [0.2, 0.25) is 12.8 Å². The summed E-state index contributed by atoms with van der Waals surface area (Å²) in [5.41, 5.74) is 12.5. The van der Waals surface area contributed by atoms with E-state index in [-0.39, 0.29) is 5.91 Å². The number of aliphatic imine (C=N–C) groups is 1. The molecule has 3 amide bonds. The van der Waals surface area contributed by atoms with Crippen molar-refractivity contribution in [2.45, 2.75) is 71.0 Å². The molecule has 3 aromatic rings. The zero-order valence-electron chi connectivity index (χ0n) is 33.1. The lowest BCUT2D eigenvalue weighted by molar-refractivity contribution is -0.117. The molecule has 2 heterocycles. The number of amides is 3. The third kappa shape index (κ3) is 14.4. The van der Waals surface area contributed by atoms with Gasteiger partial charge < -0.3 is 26.6 Å². The number of aromatic nitrogens is 1. The van der Waals surface area contributed by atoms with Crippen LogP contribution in [0.15, 0.2) is 72.4 Å². The molecule has 2 atom stereocenters. The monoisotopic (exact) mass is 760 g/mol. The van der Waals surface area contributed by atoms with E-state index in [2.05, 4.69) is 76.8 Å². The Morgan fingerprint density at radius 3 is 2.54 bits per heavy atom. The Balaban J connectivity index is 0.00000158. The molecule has 296 valence electrons. The van der Waals surface area contributed by atoms with Gasteiger partial charge in [-0.15, -0.1) is 0 Å². The van der Waals surface area contributed by atoms with E-state index in [1.165, 1.54) is 12.8 Å². The maximum Gasteiger partial charge on any atom is 0.256 e. The lowest BCUT2D eigenvalue weighted by atomic mass is 10.0. The SMILES string of the molecule is C=Cc1cnc(NC(=O)c2ccc(/C(N)=C/C=NCCCC#Cc3cccc(C=O)c3CN(C)C(C)CCC)cc2)cc1NCC1CCCN1C.O=CNC=O. The molecule has 0 bridgehead atoms. The third-order valence-corrected chi connectivity index (χ3v) is 9.59. The van der Waals surface area contributed by atoms with Crippen LogP contribution in [0.3, 0.4) is 0 Å². The number of pyridine rings is 1. The van der Waals surface area contributed by atoms with Crippen LogP contribution >= 0.6 is 0 Å². The predicted molar refractivity (Wildman–Crippen MR) is 227 cm³/mol. The van der Waals surface area contributed by atoms with E-state index >= 15 is 0 Å². The molecule has 2 unspecified atom stereocenters. The first-order valence-electron chi connectivity index (χ1n) is 19.0. The third-order valence-electron chi connectivity index (χ3n) is 9.59. The fraction of sp³-hybridized carbons (Fsp3) is 0.364. The average molecular weight is 761 g/mol. The Hall–Kier alpha value is -5.90. The molecule has 1 aliphatic heterocycles. The fourth-order valence-electron chi connectivity index (χ4n) is 6.12. The van der Waals surface area contributed by atoms with Gasteiger partial charge in [0.15, 0.2) is 0 Å². The number of anilines is 2. The van der Waals surface area contributed by atoms with Crippen molar-refractivity contribution >= 4 is 54.5 Å². The minimum Gasteiger partial charge on any atom is -0.398 e. The molecule has 1 aromatic heterocycles. The summed E-state index contributed by atoms with van der Waals surface area (Å²) in [6, 6.07) is 15.6. The second-order valence-corrected chi connectivity index (χ2v) is 13.6. The van der Waals surface area contributed by atoms with Crippen molar-refractivity contribution in [1.29, 1.82) is 0 Å². The van der Waals surface area contributed by atoms with E-state index in [0.717, 1.165) is 66.6 Å². The summed E-state index contributed by atoms with van der Waals surface area (Å²) in [5, 5.41) is 8.17. The minimum atomic E-state index is -0.254. The van der Waals surface area contributed by atoms with Crippen LogP contribution in [0.2, 0.25) is 0 Å². The summed E-state index contributed by atoms with van der Waals surface area (Å²) in [6.45, 7) is 11.5. The molecule has 56 heavy (non-hydrogen) atoms. The number of unbranched alkanes of at least 4 members (excludes halogenated alkanes) is 1. The summed E-state index contributed by atoms with van der Waals surface area (Å²) in [7, 11) is 4.25. The lowest BCUT2D eigenvalue weighted by Crippen LogP contribution is -2.31. The van der Waals surface area contributed by atoms with Gasteiger partial charge in [0.05, 0.1) is 0 Å². The molecular formula is C44H56N8O4. The Morgan fingerprint density at radius 2 is 1.89 bits per heavy atom. The highest BCUT2D eigenvalue weighted by Gasteiger charge is 2.21. The summed E-state index contributed by atoms with van der Waals surface area (Å²) in [4.78, 5) is 56.4. The minimum absolute atomic E-state index is 0.254. The van der Waals surface area contributed by atoms with Gasteiger partial charge in [-0.1, -0.05) is 62.1 Å². The largest absolute Gasteiger partial charge is 0.398 e. The van der Waals surface area contributed by atoms with E-state index in [1.807, 2.05) is 36.4 Å². The highest BCUT2D eigenvalue weighted by Crippen LogP contribution is 2.23. The number of imide groups is 1. The smallest absolute Gasteiger partial charge is 0.256 e. The van der Waals surface area contributed by atoms with Gasteiger partial charge in [-0.25, -0.2) is 4.98 Å². The fourth-order valence-corrected chi connectivity index (χ4v) is 6.12. The number of allylic oxidation sites excluding steroid dienone is 1. The standard InChI is InChI=1S/C42H53N7O2.C2H3NO2/c1-6-13-31(3)49(5)29-38-33(15-11-16-36(38)30-50)14-9-8-10-23-44-24-22-39(43)34-18-20-35(21-19-34)42(51)47-41-26-40(32(7-2)27-46-41)45-28-37-17-12-25-48(37)4;4-1-3-2-5/h7,11,15-16,18-22,24,26-27,30-31,37H,2,6,8,10,12-13,17,23,25,28-29,43H2,1,3-5H3,(H2,45,46,47,51);1-2H,(H,3,4,5)/b39-22-,44-24?;. The molecule has 5 N–H and O–H groups in total. The zero-order valence-corrected chi connectivity index (χ0v) is 33.1. The second kappa shape index (κ2) is 24.5. The molecule has 1 saturated heterocycles. The topological polar surface area (TPSA) is 162 Å². The molecule has 2 aromatic carbocycles. The number of aldehydes is 1. The highest BCUT2D eigenvalue weighted by atomic mass is 16.2. The Labute approximate surface area is 331 Å². The Bertz CT molecular complexity index is 1870. The summed E-state index contributed by atoms with van der Waals surface area (Å²) in [5.74, 6) is 6.76. The lowest BCUT2D eigenvalue weighted by Gasteiger charge is -2.25. The van der Waals surface area contributed by atoms with Gasteiger partial charge in [0, 0.05) is 90.3 Å². The number of benzene rings is 2. The van der Waals surface area contributed by atoms with E-state index in [4.69, 9.17) is 15.3 Å². The number of likely N-dealkylation sites (tertiary alicyclic amines) is 1. The van der Waals surface area contributed by atoms with Crippen LogP contribution in [0.1, 0.15) is 95.3 Å². The first-order valence-corrected chi connectivity index (χ1v) is 19.0. The summed E-state index contributed by atoms with van der Waals surface area (Å²) in [6.07, 6.45) is 14.6. The molecule has 0 saturated carbocycles. The van der Waals surface area contributed by atoms with Gasteiger partial charge >= 0.3 is 0 Å². The molecule has 0 spiro atoms. The van der Waals surface area contributed by atoms with E-state index in [9.17, 15) is 9.59 Å². The molecule has 0 radical (unpaired) electrons. The predicted octanol–water partition coefficient (Wildman–Crippen LogP) is 6.01.